The van der Waals surface area contributed by atoms with E-state index in [2.05, 4.69) is 0 Å². The van der Waals surface area contributed by atoms with Crippen LogP contribution in [0.4, 0.5) is 0 Å². The molecule has 1 aromatic rings. The average molecular weight is 220 g/mol. The standard InChI is InChI=1S/C8H10ClNO2S/c9-8-2-1-7(13-8)4-10-3-6(11)5-12-10/h1-2,6,11H,3-5H2/t6-/m1/s1. The van der Waals surface area contributed by atoms with E-state index >= 15 is 0 Å². The molecule has 1 fully saturated rings. The van der Waals surface area contributed by atoms with Gasteiger partial charge in [0.1, 0.15) is 0 Å². The monoisotopic (exact) mass is 219 g/mol. The van der Waals surface area contributed by atoms with Crippen LogP contribution in [-0.4, -0.2) is 29.4 Å². The van der Waals surface area contributed by atoms with Gasteiger partial charge in [0.25, 0.3) is 0 Å². The van der Waals surface area contributed by atoms with Crippen molar-refractivity contribution in [1.29, 1.82) is 0 Å². The predicted octanol–water partition coefficient (Wildman–Crippen LogP) is 1.51. The molecular formula is C8H10ClNO2S. The molecule has 5 heteroatoms. The fourth-order valence-electron chi connectivity index (χ4n) is 1.25. The highest BCUT2D eigenvalue weighted by Crippen LogP contribution is 2.23. The number of β-amino-alcohol motifs (C(OH)–C–C–N with tert-alkyl or cyclic N) is 1. The zero-order valence-corrected chi connectivity index (χ0v) is 8.51. The largest absolute Gasteiger partial charge is 0.389 e. The van der Waals surface area contributed by atoms with E-state index in [0.29, 0.717) is 19.7 Å². The van der Waals surface area contributed by atoms with Gasteiger partial charge in [-0.1, -0.05) is 11.6 Å². The number of aliphatic hydroxyl groups excluding tert-OH is 1. The molecular weight excluding hydrogens is 210 g/mol. The van der Waals surface area contributed by atoms with Gasteiger partial charge < -0.3 is 5.11 Å². The number of hydrogen-bond acceptors (Lipinski definition) is 4. The Balaban J connectivity index is 1.91. The van der Waals surface area contributed by atoms with Gasteiger partial charge in [-0.3, -0.25) is 4.84 Å². The Hall–Kier alpha value is -0.130. The highest BCUT2D eigenvalue weighted by Gasteiger charge is 2.21. The van der Waals surface area contributed by atoms with E-state index in [-0.39, 0.29) is 6.10 Å². The Morgan fingerprint density at radius 3 is 3.08 bits per heavy atom. The molecule has 1 saturated heterocycles. The smallest absolute Gasteiger partial charge is 0.0958 e. The number of hydroxylamine groups is 2. The Bertz CT molecular complexity index is 291. The van der Waals surface area contributed by atoms with Gasteiger partial charge in [-0.05, 0) is 12.1 Å². The van der Waals surface area contributed by atoms with Gasteiger partial charge in [-0.15, -0.1) is 11.3 Å². The van der Waals surface area contributed by atoms with Crippen molar-refractivity contribution >= 4 is 22.9 Å². The maximum atomic E-state index is 9.19. The lowest BCUT2D eigenvalue weighted by atomic mass is 10.4. The molecule has 0 bridgehead atoms. The maximum absolute atomic E-state index is 9.19. The van der Waals surface area contributed by atoms with Gasteiger partial charge in [0.2, 0.25) is 0 Å². The second-order valence-corrected chi connectivity index (χ2v) is 4.78. The van der Waals surface area contributed by atoms with Crippen LogP contribution in [0.25, 0.3) is 0 Å². The highest BCUT2D eigenvalue weighted by atomic mass is 35.5. The van der Waals surface area contributed by atoms with Crippen LogP contribution in [0.2, 0.25) is 4.34 Å². The SMILES string of the molecule is O[C@H]1CON(Cc2ccc(Cl)s2)C1. The normalized spacial score (nSPS) is 24.0. The Kier molecular flexibility index (Phi) is 2.86. The van der Waals surface area contributed by atoms with E-state index in [9.17, 15) is 5.11 Å². The molecule has 0 aliphatic carbocycles. The topological polar surface area (TPSA) is 32.7 Å². The van der Waals surface area contributed by atoms with Gasteiger partial charge >= 0.3 is 0 Å². The molecule has 2 heterocycles. The summed E-state index contributed by atoms with van der Waals surface area (Å²) in [5, 5.41) is 11.0. The summed E-state index contributed by atoms with van der Waals surface area (Å²) in [6.07, 6.45) is -0.351. The molecule has 0 saturated carbocycles. The van der Waals surface area contributed by atoms with Crippen LogP contribution in [0, 0.1) is 0 Å². The number of nitrogens with zero attached hydrogens (tertiary/aromatic N) is 1. The number of aliphatic hydroxyl groups is 1. The van der Waals surface area contributed by atoms with E-state index in [1.165, 1.54) is 11.3 Å². The third-order valence-corrected chi connectivity index (χ3v) is 3.04. The van der Waals surface area contributed by atoms with Crippen molar-refractivity contribution in [2.24, 2.45) is 0 Å². The van der Waals surface area contributed by atoms with Crippen molar-refractivity contribution in [3.63, 3.8) is 0 Å². The van der Waals surface area contributed by atoms with Crippen LogP contribution in [0.1, 0.15) is 4.88 Å². The summed E-state index contributed by atoms with van der Waals surface area (Å²) in [5.74, 6) is 0. The highest BCUT2D eigenvalue weighted by molar-refractivity contribution is 7.16. The molecule has 0 unspecified atom stereocenters. The summed E-state index contributed by atoms with van der Waals surface area (Å²) in [5.41, 5.74) is 0. The Labute approximate surface area is 85.5 Å². The first-order chi connectivity index (χ1) is 6.24. The van der Waals surface area contributed by atoms with Crippen LogP contribution in [0.15, 0.2) is 12.1 Å². The quantitative estimate of drug-likeness (QED) is 0.819. The molecule has 1 aliphatic heterocycles. The zero-order valence-electron chi connectivity index (χ0n) is 6.94. The fourth-order valence-corrected chi connectivity index (χ4v) is 2.34. The zero-order chi connectivity index (χ0) is 9.26. The molecule has 2 rings (SSSR count). The summed E-state index contributed by atoms with van der Waals surface area (Å²) in [7, 11) is 0. The summed E-state index contributed by atoms with van der Waals surface area (Å²) < 4.78 is 0.787. The second-order valence-electron chi connectivity index (χ2n) is 2.98. The van der Waals surface area contributed by atoms with E-state index in [0.717, 1.165) is 9.21 Å². The number of rotatable bonds is 2. The minimum atomic E-state index is -0.351. The van der Waals surface area contributed by atoms with Crippen LogP contribution >= 0.6 is 22.9 Å². The Morgan fingerprint density at radius 2 is 2.54 bits per heavy atom. The van der Waals surface area contributed by atoms with Crippen LogP contribution in [-0.2, 0) is 11.4 Å². The van der Waals surface area contributed by atoms with Crippen LogP contribution in [0.5, 0.6) is 0 Å². The van der Waals surface area contributed by atoms with Crippen molar-refractivity contribution in [3.05, 3.63) is 21.3 Å². The second kappa shape index (κ2) is 3.94. The van der Waals surface area contributed by atoms with Crippen molar-refractivity contribution in [2.75, 3.05) is 13.2 Å². The third kappa shape index (κ3) is 2.42. The van der Waals surface area contributed by atoms with Gasteiger partial charge in [0.05, 0.1) is 30.1 Å². The lowest BCUT2D eigenvalue weighted by Crippen LogP contribution is -2.19. The molecule has 1 aliphatic rings. The van der Waals surface area contributed by atoms with Crippen molar-refractivity contribution < 1.29 is 9.94 Å². The van der Waals surface area contributed by atoms with Crippen LogP contribution < -0.4 is 0 Å². The summed E-state index contributed by atoms with van der Waals surface area (Å²) in [4.78, 5) is 6.38. The van der Waals surface area contributed by atoms with Crippen molar-refractivity contribution in [3.8, 4) is 0 Å². The van der Waals surface area contributed by atoms with Gasteiger partial charge in [-0.25, -0.2) is 0 Å². The lowest BCUT2D eigenvalue weighted by molar-refractivity contribution is -0.117. The molecule has 0 spiro atoms. The molecule has 72 valence electrons. The predicted molar refractivity (Wildman–Crippen MR) is 51.7 cm³/mol. The van der Waals surface area contributed by atoms with E-state index in [1.54, 1.807) is 5.06 Å². The average Bonchev–Trinajstić information content (AvgIpc) is 2.62. The molecule has 1 aromatic heterocycles. The van der Waals surface area contributed by atoms with Gasteiger partial charge in [-0.2, -0.15) is 5.06 Å². The number of thiophene rings is 1. The summed E-state index contributed by atoms with van der Waals surface area (Å²) >= 11 is 7.32. The maximum Gasteiger partial charge on any atom is 0.0958 e. The van der Waals surface area contributed by atoms with E-state index < -0.39 is 0 Å². The third-order valence-electron chi connectivity index (χ3n) is 1.82. The Morgan fingerprint density at radius 1 is 1.69 bits per heavy atom. The number of hydrogen-bond donors (Lipinski definition) is 1. The van der Waals surface area contributed by atoms with E-state index in [1.807, 2.05) is 12.1 Å². The first-order valence-electron chi connectivity index (χ1n) is 4.04. The summed E-state index contributed by atoms with van der Waals surface area (Å²) in [6, 6.07) is 3.84. The molecule has 1 N–H and O–H groups in total. The molecule has 13 heavy (non-hydrogen) atoms. The summed E-state index contributed by atoms with van der Waals surface area (Å²) in [6.45, 7) is 1.68. The molecule has 1 atom stereocenters. The molecule has 0 aromatic carbocycles. The number of halogens is 1. The van der Waals surface area contributed by atoms with Crippen LogP contribution in [0.3, 0.4) is 0 Å². The van der Waals surface area contributed by atoms with Crippen molar-refractivity contribution in [1.82, 2.24) is 5.06 Å². The minimum Gasteiger partial charge on any atom is -0.389 e. The molecule has 0 amide bonds. The first-order valence-corrected chi connectivity index (χ1v) is 5.23. The molecule has 0 radical (unpaired) electrons. The van der Waals surface area contributed by atoms with Gasteiger partial charge in [0, 0.05) is 4.88 Å². The molecule has 3 nitrogen and oxygen atoms in total. The first kappa shape index (κ1) is 9.43. The van der Waals surface area contributed by atoms with Crippen molar-refractivity contribution in [2.45, 2.75) is 12.6 Å². The minimum absolute atomic E-state index is 0.351. The van der Waals surface area contributed by atoms with E-state index in [4.69, 9.17) is 16.4 Å². The lowest BCUT2D eigenvalue weighted by Gasteiger charge is -2.11. The fraction of sp³-hybridized carbons (Fsp3) is 0.500. The van der Waals surface area contributed by atoms with Gasteiger partial charge in [0.15, 0.2) is 0 Å².